The molecule has 4 aliphatic rings. The van der Waals surface area contributed by atoms with E-state index in [0.717, 1.165) is 23.7 Å². The number of rotatable bonds is 2. The fourth-order valence-electron chi connectivity index (χ4n) is 6.29. The van der Waals surface area contributed by atoms with Crippen LogP contribution in [0.25, 0.3) is 0 Å². The zero-order valence-corrected chi connectivity index (χ0v) is 13.8. The van der Waals surface area contributed by atoms with Gasteiger partial charge in [0.2, 0.25) is 0 Å². The van der Waals surface area contributed by atoms with Crippen LogP contribution in [0.4, 0.5) is 0 Å². The van der Waals surface area contributed by atoms with Crippen LogP contribution < -0.4 is 5.32 Å². The molecule has 4 rings (SSSR count). The summed E-state index contributed by atoms with van der Waals surface area (Å²) in [6, 6.07) is 0. The van der Waals surface area contributed by atoms with E-state index in [0.29, 0.717) is 16.4 Å². The van der Waals surface area contributed by atoms with Crippen molar-refractivity contribution in [2.75, 3.05) is 7.05 Å². The Morgan fingerprint density at radius 3 is 1.84 bits per heavy atom. The predicted octanol–water partition coefficient (Wildman–Crippen LogP) is 4.47. The van der Waals surface area contributed by atoms with E-state index in [9.17, 15) is 0 Å². The average Bonchev–Trinajstić information content (AvgIpc) is 2.25. The Kier molecular flexibility index (Phi) is 2.93. The minimum absolute atomic E-state index is 0.321. The Morgan fingerprint density at radius 2 is 1.42 bits per heavy atom. The van der Waals surface area contributed by atoms with E-state index in [1.54, 1.807) is 0 Å². The van der Waals surface area contributed by atoms with E-state index in [1.165, 1.54) is 32.1 Å². The zero-order valence-electron chi connectivity index (χ0n) is 13.8. The first-order valence-electron chi connectivity index (χ1n) is 8.37. The van der Waals surface area contributed by atoms with E-state index >= 15 is 0 Å². The maximum Gasteiger partial charge on any atom is 0.0155 e. The monoisotopic (exact) mass is 263 g/mol. The fourth-order valence-corrected chi connectivity index (χ4v) is 6.29. The zero-order chi connectivity index (χ0) is 14.1. The molecule has 4 fully saturated rings. The number of hydrogen-bond donors (Lipinski definition) is 1. The van der Waals surface area contributed by atoms with Gasteiger partial charge in [-0.05, 0) is 87.5 Å². The molecule has 0 aromatic heterocycles. The summed E-state index contributed by atoms with van der Waals surface area (Å²) in [6.07, 6.45) is 7.56. The Labute approximate surface area is 119 Å². The Bertz CT molecular complexity index is 346. The molecular weight excluding hydrogens is 230 g/mol. The second kappa shape index (κ2) is 4.00. The highest BCUT2D eigenvalue weighted by molar-refractivity contribution is 5.11. The van der Waals surface area contributed by atoms with Gasteiger partial charge in [-0.15, -0.1) is 0 Å². The lowest BCUT2D eigenvalue weighted by Crippen LogP contribution is -2.62. The first-order chi connectivity index (χ1) is 8.68. The lowest BCUT2D eigenvalue weighted by Gasteiger charge is -2.66. The third kappa shape index (κ3) is 1.91. The molecule has 19 heavy (non-hydrogen) atoms. The molecule has 0 aliphatic heterocycles. The Hall–Kier alpha value is -0.0400. The van der Waals surface area contributed by atoms with Crippen molar-refractivity contribution in [1.82, 2.24) is 5.32 Å². The molecule has 4 saturated carbocycles. The van der Waals surface area contributed by atoms with Crippen molar-refractivity contribution in [3.8, 4) is 0 Å². The van der Waals surface area contributed by atoms with Crippen molar-refractivity contribution in [3.63, 3.8) is 0 Å². The highest BCUT2D eigenvalue weighted by Crippen LogP contribution is 2.68. The molecule has 110 valence electrons. The molecule has 4 aliphatic carbocycles. The van der Waals surface area contributed by atoms with Crippen molar-refractivity contribution < 1.29 is 0 Å². The molecule has 1 nitrogen and oxygen atoms in total. The lowest BCUT2D eigenvalue weighted by atomic mass is 9.39. The second-order valence-corrected chi connectivity index (χ2v) is 9.50. The van der Waals surface area contributed by atoms with E-state index in [2.05, 4.69) is 47.0 Å². The number of hydrogen-bond acceptors (Lipinski definition) is 1. The minimum atomic E-state index is 0.321. The summed E-state index contributed by atoms with van der Waals surface area (Å²) in [4.78, 5) is 0. The molecule has 1 N–H and O–H groups in total. The van der Waals surface area contributed by atoms with Crippen molar-refractivity contribution in [2.24, 2.45) is 34.5 Å². The summed E-state index contributed by atoms with van der Waals surface area (Å²) < 4.78 is 0. The van der Waals surface area contributed by atoms with Crippen molar-refractivity contribution in [2.45, 2.75) is 72.3 Å². The predicted molar refractivity (Wildman–Crippen MR) is 82.1 cm³/mol. The van der Waals surface area contributed by atoms with E-state index < -0.39 is 0 Å². The quantitative estimate of drug-likeness (QED) is 0.775. The Balaban J connectivity index is 1.92. The molecule has 2 unspecified atom stereocenters. The maximum atomic E-state index is 3.62. The molecule has 0 radical (unpaired) electrons. The van der Waals surface area contributed by atoms with Gasteiger partial charge in [-0.3, -0.25) is 0 Å². The maximum absolute atomic E-state index is 3.62. The molecule has 0 saturated heterocycles. The van der Waals surface area contributed by atoms with Gasteiger partial charge >= 0.3 is 0 Å². The minimum Gasteiger partial charge on any atom is -0.315 e. The molecule has 0 spiro atoms. The standard InChI is InChI=1S/C18H33N/c1-16(2,3)18-9-12-7-13(10-18)15(14(8-12)11-18)17(4,5)19-6/h12-15,19H,7-11H2,1-6H3. The first-order valence-corrected chi connectivity index (χ1v) is 8.37. The third-order valence-corrected chi connectivity index (χ3v) is 7.34. The van der Waals surface area contributed by atoms with Gasteiger partial charge in [-0.2, -0.15) is 0 Å². The summed E-state index contributed by atoms with van der Waals surface area (Å²) in [5, 5.41) is 3.62. The van der Waals surface area contributed by atoms with Crippen LogP contribution in [0.3, 0.4) is 0 Å². The van der Waals surface area contributed by atoms with Crippen LogP contribution in [-0.2, 0) is 0 Å². The van der Waals surface area contributed by atoms with Crippen molar-refractivity contribution in [3.05, 3.63) is 0 Å². The van der Waals surface area contributed by atoms with Crippen LogP contribution >= 0.6 is 0 Å². The van der Waals surface area contributed by atoms with Crippen molar-refractivity contribution >= 4 is 0 Å². The van der Waals surface area contributed by atoms with Crippen LogP contribution in [0.1, 0.15) is 66.7 Å². The van der Waals surface area contributed by atoms with Gasteiger partial charge in [0.25, 0.3) is 0 Å². The van der Waals surface area contributed by atoms with Gasteiger partial charge in [-0.1, -0.05) is 20.8 Å². The highest BCUT2D eigenvalue weighted by atomic mass is 14.9. The van der Waals surface area contributed by atoms with Gasteiger partial charge in [0.1, 0.15) is 0 Å². The second-order valence-electron chi connectivity index (χ2n) is 9.50. The number of nitrogens with one attached hydrogen (secondary N) is 1. The molecular formula is C18H33N. The highest BCUT2D eigenvalue weighted by Gasteiger charge is 2.60. The molecule has 0 amide bonds. The van der Waals surface area contributed by atoms with Gasteiger partial charge in [0.05, 0.1) is 0 Å². The summed E-state index contributed by atoms with van der Waals surface area (Å²) in [6.45, 7) is 12.4. The van der Waals surface area contributed by atoms with Crippen molar-refractivity contribution in [1.29, 1.82) is 0 Å². The summed E-state index contributed by atoms with van der Waals surface area (Å²) in [5.41, 5.74) is 1.48. The molecule has 0 heterocycles. The molecule has 0 aromatic carbocycles. The van der Waals surface area contributed by atoms with E-state index in [1.807, 2.05) is 0 Å². The molecule has 1 heteroatoms. The third-order valence-electron chi connectivity index (χ3n) is 7.34. The molecule has 0 aromatic rings. The van der Waals surface area contributed by atoms with Gasteiger partial charge in [0.15, 0.2) is 0 Å². The summed E-state index contributed by atoms with van der Waals surface area (Å²) in [5.74, 6) is 3.91. The normalized spacial score (nSPS) is 45.8. The van der Waals surface area contributed by atoms with Crippen LogP contribution in [0, 0.1) is 34.5 Å². The van der Waals surface area contributed by atoms with E-state index in [-0.39, 0.29) is 0 Å². The summed E-state index contributed by atoms with van der Waals surface area (Å²) in [7, 11) is 2.16. The van der Waals surface area contributed by atoms with Crippen LogP contribution in [0.5, 0.6) is 0 Å². The smallest absolute Gasteiger partial charge is 0.0155 e. The van der Waals surface area contributed by atoms with Crippen LogP contribution in [-0.4, -0.2) is 12.6 Å². The fraction of sp³-hybridized carbons (Fsp3) is 1.00. The van der Waals surface area contributed by atoms with Gasteiger partial charge in [-0.25, -0.2) is 0 Å². The van der Waals surface area contributed by atoms with E-state index in [4.69, 9.17) is 0 Å². The average molecular weight is 263 g/mol. The van der Waals surface area contributed by atoms with Gasteiger partial charge in [0, 0.05) is 5.54 Å². The molecule has 2 atom stereocenters. The topological polar surface area (TPSA) is 12.0 Å². The first kappa shape index (κ1) is 13.9. The van der Waals surface area contributed by atoms with Crippen LogP contribution in [0.2, 0.25) is 0 Å². The SMILES string of the molecule is CNC(C)(C)C1C2CC3CC1CC(C(C)(C)C)(C3)C2. The lowest BCUT2D eigenvalue weighted by molar-refractivity contribution is -0.159. The molecule has 4 bridgehead atoms. The largest absolute Gasteiger partial charge is 0.315 e. The van der Waals surface area contributed by atoms with Crippen LogP contribution in [0.15, 0.2) is 0 Å². The Morgan fingerprint density at radius 1 is 0.895 bits per heavy atom. The van der Waals surface area contributed by atoms with Gasteiger partial charge < -0.3 is 5.32 Å². The summed E-state index contributed by atoms with van der Waals surface area (Å²) >= 11 is 0.